The number of nitrogens with zero attached hydrogens (tertiary/aromatic N) is 2. The Hall–Kier alpha value is -1.57. The third-order valence-electron chi connectivity index (χ3n) is 3.14. The topological polar surface area (TPSA) is 54.9 Å². The number of anilines is 1. The van der Waals surface area contributed by atoms with Crippen molar-refractivity contribution in [1.29, 1.82) is 0 Å². The van der Waals surface area contributed by atoms with E-state index in [0.29, 0.717) is 11.6 Å². The molecule has 1 aromatic carbocycles. The van der Waals surface area contributed by atoms with Gasteiger partial charge >= 0.3 is 0 Å². The molecule has 1 amide bonds. The molecule has 118 valence electrons. The van der Waals surface area contributed by atoms with E-state index in [1.165, 1.54) is 11.3 Å². The Kier molecular flexibility index (Phi) is 4.89. The summed E-state index contributed by atoms with van der Waals surface area (Å²) in [6, 6.07) is 7.73. The number of benzene rings is 1. The molecule has 0 saturated carbocycles. The molecule has 0 atom stereocenters. The number of thiazole rings is 2. The standard InChI is InChI=1S/C16H14BrN3OS2/c1-9-15(23-10(2)18-9)13-8-22-16(19-13)20-14(21)7-11-4-3-5-12(17)6-11/h3-6,8H,7H2,1-2H3,(H,19,20,21). The summed E-state index contributed by atoms with van der Waals surface area (Å²) >= 11 is 6.46. The normalized spacial score (nSPS) is 10.7. The third kappa shape index (κ3) is 4.04. The highest BCUT2D eigenvalue weighted by molar-refractivity contribution is 9.10. The van der Waals surface area contributed by atoms with Crippen LogP contribution in [-0.2, 0) is 11.2 Å². The summed E-state index contributed by atoms with van der Waals surface area (Å²) in [4.78, 5) is 22.1. The number of carbonyl (C=O) groups is 1. The van der Waals surface area contributed by atoms with E-state index in [9.17, 15) is 4.79 Å². The Morgan fingerprint density at radius 2 is 2.13 bits per heavy atom. The van der Waals surface area contributed by atoms with Gasteiger partial charge in [0, 0.05) is 9.85 Å². The fraction of sp³-hybridized carbons (Fsp3) is 0.188. The van der Waals surface area contributed by atoms with Crippen molar-refractivity contribution >= 4 is 49.6 Å². The number of hydrogen-bond acceptors (Lipinski definition) is 5. The van der Waals surface area contributed by atoms with Crippen LogP contribution in [0.4, 0.5) is 5.13 Å². The molecule has 23 heavy (non-hydrogen) atoms. The fourth-order valence-electron chi connectivity index (χ4n) is 2.20. The monoisotopic (exact) mass is 407 g/mol. The zero-order valence-corrected chi connectivity index (χ0v) is 15.8. The van der Waals surface area contributed by atoms with Gasteiger partial charge in [-0.25, -0.2) is 9.97 Å². The number of amides is 1. The van der Waals surface area contributed by atoms with Crippen LogP contribution in [0.25, 0.3) is 10.6 Å². The van der Waals surface area contributed by atoms with Crippen LogP contribution in [0.3, 0.4) is 0 Å². The van der Waals surface area contributed by atoms with Gasteiger partial charge in [-0.1, -0.05) is 28.1 Å². The highest BCUT2D eigenvalue weighted by atomic mass is 79.9. The maximum atomic E-state index is 12.1. The number of nitrogens with one attached hydrogen (secondary N) is 1. The van der Waals surface area contributed by atoms with Crippen molar-refractivity contribution in [2.45, 2.75) is 20.3 Å². The lowest BCUT2D eigenvalue weighted by Gasteiger charge is -2.02. The molecule has 7 heteroatoms. The van der Waals surface area contributed by atoms with Crippen LogP contribution in [0.1, 0.15) is 16.3 Å². The van der Waals surface area contributed by atoms with Crippen LogP contribution in [0.15, 0.2) is 34.1 Å². The fourth-order valence-corrected chi connectivity index (χ4v) is 4.32. The van der Waals surface area contributed by atoms with Crippen LogP contribution in [-0.4, -0.2) is 15.9 Å². The highest BCUT2D eigenvalue weighted by Gasteiger charge is 2.13. The molecule has 0 spiro atoms. The number of carbonyl (C=O) groups excluding carboxylic acids is 1. The van der Waals surface area contributed by atoms with E-state index in [0.717, 1.165) is 31.3 Å². The average molecular weight is 408 g/mol. The molecule has 1 N–H and O–H groups in total. The number of aryl methyl sites for hydroxylation is 2. The minimum Gasteiger partial charge on any atom is -0.302 e. The molecule has 2 aromatic heterocycles. The van der Waals surface area contributed by atoms with E-state index in [1.807, 2.05) is 43.5 Å². The lowest BCUT2D eigenvalue weighted by molar-refractivity contribution is -0.115. The second kappa shape index (κ2) is 6.90. The molecule has 0 fully saturated rings. The number of hydrogen-bond donors (Lipinski definition) is 1. The Morgan fingerprint density at radius 1 is 1.30 bits per heavy atom. The molecule has 0 aliphatic carbocycles. The number of aromatic nitrogens is 2. The molecule has 0 radical (unpaired) electrons. The Morgan fingerprint density at radius 3 is 2.83 bits per heavy atom. The zero-order valence-electron chi connectivity index (χ0n) is 12.6. The molecule has 3 aromatic rings. The molecule has 0 aliphatic rings. The van der Waals surface area contributed by atoms with Gasteiger partial charge in [0.05, 0.1) is 27.7 Å². The van der Waals surface area contributed by atoms with Gasteiger partial charge in [-0.2, -0.15) is 0 Å². The van der Waals surface area contributed by atoms with E-state index in [4.69, 9.17) is 0 Å². The minimum absolute atomic E-state index is 0.0683. The predicted molar refractivity (Wildman–Crippen MR) is 99.2 cm³/mol. The van der Waals surface area contributed by atoms with E-state index >= 15 is 0 Å². The smallest absolute Gasteiger partial charge is 0.230 e. The van der Waals surface area contributed by atoms with E-state index in [1.54, 1.807) is 11.3 Å². The Bertz CT molecular complexity index is 857. The first kappa shape index (κ1) is 16.3. The van der Waals surface area contributed by atoms with Gasteiger partial charge in [-0.15, -0.1) is 22.7 Å². The van der Waals surface area contributed by atoms with Crippen LogP contribution in [0.5, 0.6) is 0 Å². The van der Waals surface area contributed by atoms with E-state index in [2.05, 4.69) is 31.2 Å². The predicted octanol–water partition coefficient (Wildman–Crippen LogP) is 4.83. The van der Waals surface area contributed by atoms with Gasteiger partial charge in [0.2, 0.25) is 5.91 Å². The second-order valence-electron chi connectivity index (χ2n) is 5.04. The Balaban J connectivity index is 1.69. The largest absolute Gasteiger partial charge is 0.302 e. The highest BCUT2D eigenvalue weighted by Crippen LogP contribution is 2.32. The van der Waals surface area contributed by atoms with Crippen LogP contribution in [0, 0.1) is 13.8 Å². The van der Waals surface area contributed by atoms with Crippen molar-refractivity contribution in [3.8, 4) is 10.6 Å². The van der Waals surface area contributed by atoms with Crippen molar-refractivity contribution in [1.82, 2.24) is 9.97 Å². The summed E-state index contributed by atoms with van der Waals surface area (Å²) in [5, 5.41) is 6.45. The summed E-state index contributed by atoms with van der Waals surface area (Å²) in [6.07, 6.45) is 0.326. The van der Waals surface area contributed by atoms with Crippen molar-refractivity contribution in [3.63, 3.8) is 0 Å². The first-order valence-corrected chi connectivity index (χ1v) is 9.44. The van der Waals surface area contributed by atoms with Crippen LogP contribution >= 0.6 is 38.6 Å². The maximum absolute atomic E-state index is 12.1. The molecule has 3 rings (SSSR count). The number of rotatable bonds is 4. The second-order valence-corrected chi connectivity index (χ2v) is 8.02. The summed E-state index contributed by atoms with van der Waals surface area (Å²) in [5.74, 6) is -0.0683. The summed E-state index contributed by atoms with van der Waals surface area (Å²) in [5.41, 5.74) is 2.81. The van der Waals surface area contributed by atoms with E-state index in [-0.39, 0.29) is 5.91 Å². The number of halogens is 1. The quantitative estimate of drug-likeness (QED) is 0.673. The molecule has 0 saturated heterocycles. The van der Waals surface area contributed by atoms with Crippen molar-refractivity contribution in [2.24, 2.45) is 0 Å². The van der Waals surface area contributed by atoms with Gasteiger partial charge in [-0.3, -0.25) is 4.79 Å². The lowest BCUT2D eigenvalue weighted by Crippen LogP contribution is -2.14. The van der Waals surface area contributed by atoms with Gasteiger partial charge < -0.3 is 5.32 Å². The minimum atomic E-state index is -0.0683. The van der Waals surface area contributed by atoms with Crippen LogP contribution < -0.4 is 5.32 Å². The zero-order chi connectivity index (χ0) is 16.4. The summed E-state index contributed by atoms with van der Waals surface area (Å²) in [7, 11) is 0. The third-order valence-corrected chi connectivity index (χ3v) is 5.49. The summed E-state index contributed by atoms with van der Waals surface area (Å²) < 4.78 is 0.968. The molecule has 0 bridgehead atoms. The van der Waals surface area contributed by atoms with Crippen LogP contribution in [0.2, 0.25) is 0 Å². The SMILES string of the molecule is Cc1nc(C)c(-c2csc(NC(=O)Cc3cccc(Br)c3)n2)s1. The molecular formula is C16H14BrN3OS2. The molecular weight excluding hydrogens is 394 g/mol. The van der Waals surface area contributed by atoms with Crippen molar-refractivity contribution in [3.05, 3.63) is 50.4 Å². The van der Waals surface area contributed by atoms with E-state index < -0.39 is 0 Å². The first-order chi connectivity index (χ1) is 11.0. The molecule has 4 nitrogen and oxygen atoms in total. The molecule has 0 unspecified atom stereocenters. The Labute approximate surface area is 150 Å². The van der Waals surface area contributed by atoms with Crippen molar-refractivity contribution in [2.75, 3.05) is 5.32 Å². The molecule has 0 aliphatic heterocycles. The maximum Gasteiger partial charge on any atom is 0.230 e. The summed E-state index contributed by atoms with van der Waals surface area (Å²) in [6.45, 7) is 3.96. The van der Waals surface area contributed by atoms with Gasteiger partial charge in [0.15, 0.2) is 5.13 Å². The van der Waals surface area contributed by atoms with Gasteiger partial charge in [-0.05, 0) is 31.5 Å². The van der Waals surface area contributed by atoms with Gasteiger partial charge in [0.25, 0.3) is 0 Å². The lowest BCUT2D eigenvalue weighted by atomic mass is 10.1. The molecule has 2 heterocycles. The van der Waals surface area contributed by atoms with Crippen molar-refractivity contribution < 1.29 is 4.79 Å². The first-order valence-electron chi connectivity index (χ1n) is 6.95. The van der Waals surface area contributed by atoms with Gasteiger partial charge in [0.1, 0.15) is 0 Å². The average Bonchev–Trinajstić information content (AvgIpc) is 3.05.